The van der Waals surface area contributed by atoms with Gasteiger partial charge in [0.05, 0.1) is 16.8 Å². The van der Waals surface area contributed by atoms with E-state index in [-0.39, 0.29) is 5.91 Å². The van der Waals surface area contributed by atoms with Crippen molar-refractivity contribution >= 4 is 34.1 Å². The highest BCUT2D eigenvalue weighted by molar-refractivity contribution is 7.80. The lowest BCUT2D eigenvalue weighted by molar-refractivity contribution is 0.0945. The van der Waals surface area contributed by atoms with Gasteiger partial charge in [-0.2, -0.15) is 0 Å². The summed E-state index contributed by atoms with van der Waals surface area (Å²) in [6.45, 7) is 4.12. The maximum atomic E-state index is 12.7. The Hall–Kier alpha value is -3.25. The van der Waals surface area contributed by atoms with Gasteiger partial charge in [0.15, 0.2) is 5.11 Å². The van der Waals surface area contributed by atoms with Crippen LogP contribution < -0.4 is 16.2 Å². The van der Waals surface area contributed by atoms with Crippen LogP contribution in [0.4, 0.5) is 0 Å². The third-order valence-electron chi connectivity index (χ3n) is 3.73. The number of hydrogen-bond acceptors (Lipinski definition) is 3. The fourth-order valence-corrected chi connectivity index (χ4v) is 2.64. The van der Waals surface area contributed by atoms with Crippen LogP contribution in [0, 0.1) is 0 Å². The first-order valence-corrected chi connectivity index (χ1v) is 8.50. The average Bonchev–Trinajstić information content (AvgIpc) is 2.70. The number of rotatable bonds is 4. The second kappa shape index (κ2) is 8.22. The minimum atomic E-state index is -0.288. The van der Waals surface area contributed by atoms with Crippen molar-refractivity contribution < 1.29 is 4.79 Å². The van der Waals surface area contributed by atoms with Crippen molar-refractivity contribution in [2.24, 2.45) is 0 Å². The fraction of sp³-hybridized carbons (Fsp3) is 0.0500. The number of hydrogen-bond donors (Lipinski definition) is 3. The summed E-state index contributed by atoms with van der Waals surface area (Å²) in [6.07, 6.45) is 1.68. The van der Waals surface area contributed by atoms with Gasteiger partial charge in [-0.15, -0.1) is 6.58 Å². The van der Waals surface area contributed by atoms with Crippen molar-refractivity contribution in [2.75, 3.05) is 6.54 Å². The Morgan fingerprint density at radius 1 is 1.08 bits per heavy atom. The van der Waals surface area contributed by atoms with Crippen molar-refractivity contribution in [3.8, 4) is 11.3 Å². The second-order valence-corrected chi connectivity index (χ2v) is 5.92. The third kappa shape index (κ3) is 4.04. The molecule has 0 aliphatic heterocycles. The van der Waals surface area contributed by atoms with Crippen LogP contribution in [0.15, 0.2) is 73.3 Å². The van der Waals surface area contributed by atoms with Crippen molar-refractivity contribution in [2.45, 2.75) is 0 Å². The van der Waals surface area contributed by atoms with E-state index in [1.807, 2.05) is 54.6 Å². The Labute approximate surface area is 157 Å². The first kappa shape index (κ1) is 17.6. The van der Waals surface area contributed by atoms with Gasteiger partial charge >= 0.3 is 0 Å². The number of nitrogens with one attached hydrogen (secondary N) is 3. The number of thiocarbonyl (C=S) groups is 1. The lowest BCUT2D eigenvalue weighted by Gasteiger charge is -2.13. The molecule has 0 radical (unpaired) electrons. The van der Waals surface area contributed by atoms with Crippen LogP contribution in [0.5, 0.6) is 0 Å². The summed E-state index contributed by atoms with van der Waals surface area (Å²) < 4.78 is 0. The number of aromatic nitrogens is 1. The number of carbonyl (C=O) groups excluding carboxylic acids is 1. The Kier molecular flexibility index (Phi) is 5.56. The molecule has 0 fully saturated rings. The zero-order valence-corrected chi connectivity index (χ0v) is 14.8. The van der Waals surface area contributed by atoms with E-state index < -0.39 is 0 Å². The van der Waals surface area contributed by atoms with E-state index in [4.69, 9.17) is 12.2 Å². The van der Waals surface area contributed by atoms with Crippen LogP contribution >= 0.6 is 12.2 Å². The second-order valence-electron chi connectivity index (χ2n) is 5.52. The molecule has 0 spiro atoms. The van der Waals surface area contributed by atoms with Crippen molar-refractivity contribution in [3.05, 3.63) is 78.9 Å². The Balaban J connectivity index is 1.92. The summed E-state index contributed by atoms with van der Waals surface area (Å²) in [5, 5.41) is 3.98. The number of hydrazine groups is 1. The average molecular weight is 362 g/mol. The smallest absolute Gasteiger partial charge is 0.270 e. The van der Waals surface area contributed by atoms with Crippen LogP contribution in [0.2, 0.25) is 0 Å². The molecule has 1 heterocycles. The van der Waals surface area contributed by atoms with E-state index >= 15 is 0 Å². The molecule has 130 valence electrons. The minimum absolute atomic E-state index is 0.288. The zero-order chi connectivity index (χ0) is 18.4. The van der Waals surface area contributed by atoms with E-state index in [0.717, 1.165) is 22.2 Å². The number of amides is 1. The molecule has 1 amide bonds. The van der Waals surface area contributed by atoms with Crippen LogP contribution in [0.25, 0.3) is 22.2 Å². The van der Waals surface area contributed by atoms with Gasteiger partial charge < -0.3 is 5.32 Å². The summed E-state index contributed by atoms with van der Waals surface area (Å²) >= 11 is 5.09. The van der Waals surface area contributed by atoms with E-state index in [9.17, 15) is 4.79 Å². The summed E-state index contributed by atoms with van der Waals surface area (Å²) in [7, 11) is 0. The van der Waals surface area contributed by atoms with Gasteiger partial charge in [0.25, 0.3) is 5.91 Å². The summed E-state index contributed by atoms with van der Waals surface area (Å²) in [4.78, 5) is 17.4. The van der Waals surface area contributed by atoms with Gasteiger partial charge in [-0.25, -0.2) is 4.98 Å². The molecular weight excluding hydrogens is 344 g/mol. The van der Waals surface area contributed by atoms with Gasteiger partial charge in [0, 0.05) is 17.5 Å². The molecule has 0 aliphatic rings. The number of pyridine rings is 1. The number of benzene rings is 2. The highest BCUT2D eigenvalue weighted by atomic mass is 32.1. The van der Waals surface area contributed by atoms with Gasteiger partial charge in [0.2, 0.25) is 0 Å². The first-order valence-electron chi connectivity index (χ1n) is 8.09. The van der Waals surface area contributed by atoms with E-state index in [2.05, 4.69) is 27.7 Å². The molecule has 0 saturated heterocycles. The molecule has 0 unspecified atom stereocenters. The predicted octanol–water partition coefficient (Wildman–Crippen LogP) is 3.20. The Morgan fingerprint density at radius 2 is 1.81 bits per heavy atom. The molecule has 0 saturated carbocycles. The summed E-state index contributed by atoms with van der Waals surface area (Å²) in [6, 6.07) is 19.1. The standard InChI is InChI=1S/C20H18N4OS/c1-2-12-21-20(26)24-23-19(25)16-13-18(14-8-4-3-5-9-14)22-17-11-7-6-10-15(16)17/h2-11,13H,1,12H2,(H,23,25)(H2,21,24,26). The monoisotopic (exact) mass is 362 g/mol. The first-order chi connectivity index (χ1) is 12.7. The largest absolute Gasteiger partial charge is 0.358 e. The molecule has 3 rings (SSSR count). The van der Waals surface area contributed by atoms with E-state index in [0.29, 0.717) is 17.2 Å². The van der Waals surface area contributed by atoms with Crippen LogP contribution in [-0.4, -0.2) is 22.5 Å². The van der Waals surface area contributed by atoms with Crippen LogP contribution in [0.1, 0.15) is 10.4 Å². The SMILES string of the molecule is C=CCNC(=S)NNC(=O)c1cc(-c2ccccc2)nc2ccccc12. The third-order valence-corrected chi connectivity index (χ3v) is 3.97. The van der Waals surface area contributed by atoms with Crippen molar-refractivity contribution in [1.82, 2.24) is 21.2 Å². The molecule has 1 aromatic heterocycles. The number of carbonyl (C=O) groups is 1. The molecule has 0 aliphatic carbocycles. The lowest BCUT2D eigenvalue weighted by Crippen LogP contribution is -2.46. The zero-order valence-electron chi connectivity index (χ0n) is 14.0. The van der Waals surface area contributed by atoms with Gasteiger partial charge in [-0.05, 0) is 24.4 Å². The van der Waals surface area contributed by atoms with Crippen molar-refractivity contribution in [1.29, 1.82) is 0 Å². The van der Waals surface area contributed by atoms with E-state index in [1.54, 1.807) is 12.1 Å². The maximum Gasteiger partial charge on any atom is 0.270 e. The highest BCUT2D eigenvalue weighted by Crippen LogP contribution is 2.24. The summed E-state index contributed by atoms with van der Waals surface area (Å²) in [5.74, 6) is -0.288. The Bertz CT molecular complexity index is 956. The normalized spacial score (nSPS) is 10.2. The number of nitrogens with zero attached hydrogens (tertiary/aromatic N) is 1. The molecule has 26 heavy (non-hydrogen) atoms. The van der Waals surface area contributed by atoms with Gasteiger partial charge in [-0.1, -0.05) is 54.6 Å². The highest BCUT2D eigenvalue weighted by Gasteiger charge is 2.14. The molecule has 3 N–H and O–H groups in total. The lowest BCUT2D eigenvalue weighted by atomic mass is 10.0. The minimum Gasteiger partial charge on any atom is -0.358 e. The topological polar surface area (TPSA) is 66.0 Å². The van der Waals surface area contributed by atoms with Crippen LogP contribution in [-0.2, 0) is 0 Å². The Morgan fingerprint density at radius 3 is 2.58 bits per heavy atom. The van der Waals surface area contributed by atoms with Gasteiger partial charge in [-0.3, -0.25) is 15.6 Å². The number of para-hydroxylation sites is 1. The molecule has 2 aromatic carbocycles. The van der Waals surface area contributed by atoms with Crippen molar-refractivity contribution in [3.63, 3.8) is 0 Å². The molecule has 6 heteroatoms. The quantitative estimate of drug-likeness (QED) is 0.378. The number of fused-ring (bicyclic) bond motifs is 1. The van der Waals surface area contributed by atoms with Crippen LogP contribution in [0.3, 0.4) is 0 Å². The van der Waals surface area contributed by atoms with E-state index in [1.165, 1.54) is 0 Å². The molecule has 0 bridgehead atoms. The molecule has 5 nitrogen and oxygen atoms in total. The molecule has 0 atom stereocenters. The fourth-order valence-electron chi connectivity index (χ4n) is 2.51. The predicted molar refractivity (Wildman–Crippen MR) is 109 cm³/mol. The summed E-state index contributed by atoms with van der Waals surface area (Å²) in [5.41, 5.74) is 8.28. The maximum absolute atomic E-state index is 12.7. The van der Waals surface area contributed by atoms with Gasteiger partial charge in [0.1, 0.15) is 0 Å². The molecule has 3 aromatic rings. The molecular formula is C20H18N4OS.